The molecule has 0 aliphatic rings. The highest BCUT2D eigenvalue weighted by atomic mass is 32.1. The second-order valence-corrected chi connectivity index (χ2v) is 5.75. The van der Waals surface area contributed by atoms with Crippen molar-refractivity contribution in [2.24, 2.45) is 0 Å². The zero-order valence-corrected chi connectivity index (χ0v) is 12.4. The lowest BCUT2D eigenvalue weighted by molar-refractivity contribution is 0.0940. The van der Waals surface area contributed by atoms with Crippen LogP contribution in [0.2, 0.25) is 0 Å². The molecule has 0 spiro atoms. The van der Waals surface area contributed by atoms with Crippen LogP contribution in [0.5, 0.6) is 0 Å². The van der Waals surface area contributed by atoms with Gasteiger partial charge in [0.25, 0.3) is 5.91 Å². The maximum absolute atomic E-state index is 12.3. The van der Waals surface area contributed by atoms with Crippen molar-refractivity contribution in [3.05, 3.63) is 58.5 Å². The second kappa shape index (κ2) is 6.01. The third kappa shape index (κ3) is 3.25. The summed E-state index contributed by atoms with van der Waals surface area (Å²) in [5.74, 6) is -0.0784. The van der Waals surface area contributed by atoms with E-state index in [1.165, 1.54) is 5.56 Å². The summed E-state index contributed by atoms with van der Waals surface area (Å²) in [6, 6.07) is 7.54. The number of aromatic nitrogens is 2. The zero-order chi connectivity index (χ0) is 14.7. The monoisotopic (exact) mass is 297 g/mol. The Labute approximate surface area is 126 Å². The van der Waals surface area contributed by atoms with Gasteiger partial charge in [-0.3, -0.25) is 14.8 Å². The van der Waals surface area contributed by atoms with E-state index < -0.39 is 0 Å². The first kappa shape index (κ1) is 13.7. The van der Waals surface area contributed by atoms with Crippen molar-refractivity contribution in [1.82, 2.24) is 15.3 Å². The van der Waals surface area contributed by atoms with Crippen LogP contribution in [0.15, 0.2) is 47.4 Å². The number of thiophene rings is 1. The SMILES string of the molecule is CC(Cc1ccsc1)NC(=O)c1ccc2nccnc2c1. The van der Waals surface area contributed by atoms with Gasteiger partial charge in [-0.1, -0.05) is 0 Å². The van der Waals surface area contributed by atoms with Crippen molar-refractivity contribution in [2.45, 2.75) is 19.4 Å². The molecule has 1 aromatic carbocycles. The molecule has 0 saturated carbocycles. The Morgan fingerprint density at radius 1 is 1.24 bits per heavy atom. The van der Waals surface area contributed by atoms with Gasteiger partial charge in [0.05, 0.1) is 11.0 Å². The average molecular weight is 297 g/mol. The Balaban J connectivity index is 1.71. The molecule has 0 radical (unpaired) electrons. The molecule has 0 aliphatic heterocycles. The number of nitrogens with one attached hydrogen (secondary N) is 1. The third-order valence-electron chi connectivity index (χ3n) is 3.23. The summed E-state index contributed by atoms with van der Waals surface area (Å²) in [6.07, 6.45) is 4.11. The molecule has 3 aromatic rings. The fourth-order valence-corrected chi connectivity index (χ4v) is 2.91. The molecule has 106 valence electrons. The minimum Gasteiger partial charge on any atom is -0.349 e. The summed E-state index contributed by atoms with van der Waals surface area (Å²) in [7, 11) is 0. The lowest BCUT2D eigenvalue weighted by Gasteiger charge is -2.13. The first-order chi connectivity index (χ1) is 10.2. The van der Waals surface area contributed by atoms with Gasteiger partial charge in [0, 0.05) is 24.0 Å². The maximum Gasteiger partial charge on any atom is 0.251 e. The summed E-state index contributed by atoms with van der Waals surface area (Å²) in [5, 5.41) is 7.17. The van der Waals surface area contributed by atoms with Gasteiger partial charge in [0.1, 0.15) is 0 Å². The van der Waals surface area contributed by atoms with Crippen molar-refractivity contribution in [2.75, 3.05) is 0 Å². The van der Waals surface area contributed by atoms with Crippen LogP contribution in [-0.2, 0) is 6.42 Å². The number of amides is 1. The minimum atomic E-state index is -0.0784. The normalized spacial score (nSPS) is 12.2. The van der Waals surface area contributed by atoms with E-state index in [1.807, 2.05) is 18.4 Å². The van der Waals surface area contributed by atoms with E-state index in [-0.39, 0.29) is 11.9 Å². The largest absolute Gasteiger partial charge is 0.349 e. The van der Waals surface area contributed by atoms with Gasteiger partial charge >= 0.3 is 0 Å². The van der Waals surface area contributed by atoms with E-state index in [9.17, 15) is 4.79 Å². The fraction of sp³-hybridized carbons (Fsp3) is 0.188. The topological polar surface area (TPSA) is 54.9 Å². The molecule has 1 N–H and O–H groups in total. The van der Waals surface area contributed by atoms with Crippen molar-refractivity contribution in [3.8, 4) is 0 Å². The van der Waals surface area contributed by atoms with Crippen LogP contribution < -0.4 is 5.32 Å². The van der Waals surface area contributed by atoms with Gasteiger partial charge in [-0.15, -0.1) is 0 Å². The Kier molecular flexibility index (Phi) is 3.92. The number of hydrogen-bond donors (Lipinski definition) is 1. The van der Waals surface area contributed by atoms with E-state index >= 15 is 0 Å². The van der Waals surface area contributed by atoms with Gasteiger partial charge in [0.2, 0.25) is 0 Å². The first-order valence-electron chi connectivity index (χ1n) is 6.75. The number of benzene rings is 1. The van der Waals surface area contributed by atoms with E-state index in [4.69, 9.17) is 0 Å². The number of rotatable bonds is 4. The van der Waals surface area contributed by atoms with E-state index in [2.05, 4.69) is 26.7 Å². The molecular weight excluding hydrogens is 282 g/mol. The number of carbonyl (C=O) groups is 1. The van der Waals surface area contributed by atoms with E-state index in [0.29, 0.717) is 5.56 Å². The zero-order valence-electron chi connectivity index (χ0n) is 11.6. The van der Waals surface area contributed by atoms with Gasteiger partial charge in [0.15, 0.2) is 0 Å². The molecule has 2 aromatic heterocycles. The van der Waals surface area contributed by atoms with E-state index in [1.54, 1.807) is 35.9 Å². The van der Waals surface area contributed by atoms with Gasteiger partial charge in [-0.25, -0.2) is 0 Å². The summed E-state index contributed by atoms with van der Waals surface area (Å²) < 4.78 is 0. The highest BCUT2D eigenvalue weighted by Crippen LogP contribution is 2.12. The summed E-state index contributed by atoms with van der Waals surface area (Å²) in [4.78, 5) is 20.7. The molecule has 1 unspecified atom stereocenters. The molecule has 3 rings (SSSR count). The first-order valence-corrected chi connectivity index (χ1v) is 7.69. The molecule has 21 heavy (non-hydrogen) atoms. The van der Waals surface area contributed by atoms with Crippen LogP contribution in [0.25, 0.3) is 11.0 Å². The van der Waals surface area contributed by atoms with Crippen molar-refractivity contribution < 1.29 is 4.79 Å². The van der Waals surface area contributed by atoms with Gasteiger partial charge in [-0.2, -0.15) is 11.3 Å². The molecule has 2 heterocycles. The molecule has 5 heteroatoms. The second-order valence-electron chi connectivity index (χ2n) is 4.97. The number of hydrogen-bond acceptors (Lipinski definition) is 4. The van der Waals surface area contributed by atoms with Crippen LogP contribution >= 0.6 is 11.3 Å². The van der Waals surface area contributed by atoms with E-state index in [0.717, 1.165) is 17.5 Å². The van der Waals surface area contributed by atoms with Crippen LogP contribution in [0.4, 0.5) is 0 Å². The Hall–Kier alpha value is -2.27. The maximum atomic E-state index is 12.3. The van der Waals surface area contributed by atoms with Crippen LogP contribution in [0.1, 0.15) is 22.8 Å². The Bertz CT molecular complexity index is 755. The van der Waals surface area contributed by atoms with Crippen molar-refractivity contribution in [3.63, 3.8) is 0 Å². The quantitative estimate of drug-likeness (QED) is 0.805. The minimum absolute atomic E-state index is 0.0784. The van der Waals surface area contributed by atoms with Gasteiger partial charge < -0.3 is 5.32 Å². The fourth-order valence-electron chi connectivity index (χ4n) is 2.23. The van der Waals surface area contributed by atoms with Crippen LogP contribution in [0.3, 0.4) is 0 Å². The molecule has 0 bridgehead atoms. The summed E-state index contributed by atoms with van der Waals surface area (Å²) in [6.45, 7) is 2.01. The summed E-state index contributed by atoms with van der Waals surface area (Å²) >= 11 is 1.67. The Morgan fingerprint density at radius 3 is 2.81 bits per heavy atom. The van der Waals surface area contributed by atoms with Crippen molar-refractivity contribution >= 4 is 28.3 Å². The number of fused-ring (bicyclic) bond motifs is 1. The standard InChI is InChI=1S/C16H15N3OS/c1-11(8-12-4-7-21-10-12)19-16(20)13-2-3-14-15(9-13)18-6-5-17-14/h2-7,9-11H,8H2,1H3,(H,19,20). The van der Waals surface area contributed by atoms with Gasteiger partial charge in [-0.05, 0) is 53.9 Å². The smallest absolute Gasteiger partial charge is 0.251 e. The highest BCUT2D eigenvalue weighted by molar-refractivity contribution is 7.07. The number of carbonyl (C=O) groups excluding carboxylic acids is 1. The lowest BCUT2D eigenvalue weighted by atomic mass is 10.1. The average Bonchev–Trinajstić information content (AvgIpc) is 2.99. The molecule has 1 atom stereocenters. The molecule has 0 fully saturated rings. The lowest BCUT2D eigenvalue weighted by Crippen LogP contribution is -2.33. The predicted molar refractivity (Wildman–Crippen MR) is 84.5 cm³/mol. The molecular formula is C16H15N3OS. The van der Waals surface area contributed by atoms with Crippen LogP contribution in [-0.4, -0.2) is 21.9 Å². The number of nitrogens with zero attached hydrogens (tertiary/aromatic N) is 2. The van der Waals surface area contributed by atoms with Crippen molar-refractivity contribution in [1.29, 1.82) is 0 Å². The molecule has 1 amide bonds. The highest BCUT2D eigenvalue weighted by Gasteiger charge is 2.11. The Morgan fingerprint density at radius 2 is 2.05 bits per heavy atom. The molecule has 0 saturated heterocycles. The third-order valence-corrected chi connectivity index (χ3v) is 3.96. The molecule has 4 nitrogen and oxygen atoms in total. The predicted octanol–water partition coefficient (Wildman–Crippen LogP) is 3.05. The summed E-state index contributed by atoms with van der Waals surface area (Å²) in [5.41, 5.74) is 3.38. The molecule has 0 aliphatic carbocycles. The van der Waals surface area contributed by atoms with Crippen LogP contribution in [0, 0.1) is 0 Å².